The fourth-order valence-corrected chi connectivity index (χ4v) is 4.56. The molecule has 9 heteroatoms. The summed E-state index contributed by atoms with van der Waals surface area (Å²) in [7, 11) is -3.78. The smallest absolute Gasteiger partial charge is 0.240 e. The van der Waals surface area contributed by atoms with Crippen LogP contribution in [0.25, 0.3) is 0 Å². The first kappa shape index (κ1) is 17.1. The van der Waals surface area contributed by atoms with E-state index in [0.29, 0.717) is 19.6 Å². The average Bonchev–Trinajstić information content (AvgIpc) is 3.20. The number of ether oxygens (including phenoxy) is 1. The van der Waals surface area contributed by atoms with Crippen molar-refractivity contribution in [2.75, 3.05) is 24.6 Å². The molecule has 130 valence electrons. The highest BCUT2D eigenvalue weighted by molar-refractivity contribution is 7.89. The number of sulfonamides is 1. The highest BCUT2D eigenvalue weighted by atomic mass is 32.2. The summed E-state index contributed by atoms with van der Waals surface area (Å²) in [5, 5.41) is 2.76. The van der Waals surface area contributed by atoms with Crippen LogP contribution in [0.4, 0.5) is 9.52 Å². The molecule has 1 atom stereocenters. The lowest BCUT2D eigenvalue weighted by Gasteiger charge is -2.16. The lowest BCUT2D eigenvalue weighted by Crippen LogP contribution is -2.37. The Morgan fingerprint density at radius 2 is 2.33 bits per heavy atom. The summed E-state index contributed by atoms with van der Waals surface area (Å²) in [4.78, 5) is 6.17. The molecule has 1 N–H and O–H groups in total. The second-order valence-corrected chi connectivity index (χ2v) is 7.98. The van der Waals surface area contributed by atoms with Crippen molar-refractivity contribution in [1.29, 1.82) is 0 Å². The maximum atomic E-state index is 13.9. The molecule has 1 aliphatic heterocycles. The van der Waals surface area contributed by atoms with E-state index in [1.54, 1.807) is 13.1 Å². The first-order valence-corrected chi connectivity index (χ1v) is 9.95. The van der Waals surface area contributed by atoms with Gasteiger partial charge in [0.25, 0.3) is 0 Å². The molecule has 1 aliphatic rings. The quantitative estimate of drug-likeness (QED) is 0.843. The van der Waals surface area contributed by atoms with Crippen LogP contribution in [0.3, 0.4) is 0 Å². The van der Waals surface area contributed by atoms with Crippen molar-refractivity contribution in [3.8, 4) is 5.75 Å². The number of thiazole rings is 1. The monoisotopic (exact) mass is 371 g/mol. The summed E-state index contributed by atoms with van der Waals surface area (Å²) in [6.45, 7) is 3.33. The van der Waals surface area contributed by atoms with Crippen LogP contribution in [0.5, 0.6) is 5.75 Å². The van der Waals surface area contributed by atoms with Crippen molar-refractivity contribution in [2.45, 2.75) is 24.3 Å². The van der Waals surface area contributed by atoms with Gasteiger partial charge in [-0.3, -0.25) is 0 Å². The van der Waals surface area contributed by atoms with Gasteiger partial charge in [0.1, 0.15) is 0 Å². The average molecular weight is 371 g/mol. The SMILES string of the molecule is CCOc1ccc(S(=O)(=O)N[C@H]2CCN(c3nccs3)C2)cc1F. The van der Waals surface area contributed by atoms with Gasteiger partial charge in [-0.05, 0) is 31.5 Å². The predicted molar refractivity (Wildman–Crippen MR) is 90.6 cm³/mol. The largest absolute Gasteiger partial charge is 0.491 e. The molecular formula is C15H18FN3O3S2. The van der Waals surface area contributed by atoms with Gasteiger partial charge in [-0.1, -0.05) is 0 Å². The zero-order valence-corrected chi connectivity index (χ0v) is 14.7. The third kappa shape index (κ3) is 3.68. The van der Waals surface area contributed by atoms with E-state index in [9.17, 15) is 12.8 Å². The van der Waals surface area contributed by atoms with Crippen molar-refractivity contribution in [1.82, 2.24) is 9.71 Å². The molecule has 0 radical (unpaired) electrons. The zero-order valence-electron chi connectivity index (χ0n) is 13.1. The zero-order chi connectivity index (χ0) is 17.2. The number of hydrogen-bond acceptors (Lipinski definition) is 6. The summed E-state index contributed by atoms with van der Waals surface area (Å²) in [5.41, 5.74) is 0. The maximum absolute atomic E-state index is 13.9. The first-order valence-electron chi connectivity index (χ1n) is 7.58. The van der Waals surface area contributed by atoms with Gasteiger partial charge < -0.3 is 9.64 Å². The van der Waals surface area contributed by atoms with Crippen LogP contribution in [0.2, 0.25) is 0 Å². The number of anilines is 1. The summed E-state index contributed by atoms with van der Waals surface area (Å²) in [5.74, 6) is -0.636. The lowest BCUT2D eigenvalue weighted by molar-refractivity contribution is 0.321. The van der Waals surface area contributed by atoms with E-state index in [2.05, 4.69) is 9.71 Å². The summed E-state index contributed by atoms with van der Waals surface area (Å²) >= 11 is 1.52. The van der Waals surface area contributed by atoms with Crippen molar-refractivity contribution in [3.05, 3.63) is 35.6 Å². The summed E-state index contributed by atoms with van der Waals surface area (Å²) in [6, 6.07) is 3.45. The van der Waals surface area contributed by atoms with E-state index in [4.69, 9.17) is 4.74 Å². The second-order valence-electron chi connectivity index (χ2n) is 5.39. The molecule has 1 aromatic carbocycles. The van der Waals surface area contributed by atoms with Crippen LogP contribution >= 0.6 is 11.3 Å². The van der Waals surface area contributed by atoms with Crippen LogP contribution in [0.15, 0.2) is 34.7 Å². The Bertz CT molecular complexity index is 796. The molecule has 1 aromatic heterocycles. The Labute approximate surface area is 144 Å². The molecular weight excluding hydrogens is 353 g/mol. The minimum absolute atomic E-state index is 0.0484. The lowest BCUT2D eigenvalue weighted by atomic mass is 10.3. The van der Waals surface area contributed by atoms with E-state index < -0.39 is 15.8 Å². The van der Waals surface area contributed by atoms with Crippen molar-refractivity contribution < 1.29 is 17.5 Å². The molecule has 2 aromatic rings. The molecule has 2 heterocycles. The van der Waals surface area contributed by atoms with Gasteiger partial charge in [0, 0.05) is 30.7 Å². The Morgan fingerprint density at radius 1 is 1.50 bits per heavy atom. The van der Waals surface area contributed by atoms with Gasteiger partial charge in [0.15, 0.2) is 16.7 Å². The maximum Gasteiger partial charge on any atom is 0.240 e. The molecule has 0 aliphatic carbocycles. The minimum atomic E-state index is -3.78. The molecule has 24 heavy (non-hydrogen) atoms. The number of benzene rings is 1. The Hall–Kier alpha value is -1.71. The van der Waals surface area contributed by atoms with E-state index in [-0.39, 0.29) is 16.7 Å². The van der Waals surface area contributed by atoms with E-state index in [1.165, 1.54) is 23.5 Å². The van der Waals surface area contributed by atoms with Crippen LogP contribution in [-0.2, 0) is 10.0 Å². The van der Waals surface area contributed by atoms with Gasteiger partial charge >= 0.3 is 0 Å². The standard InChI is InChI=1S/C15H18FN3O3S2/c1-2-22-14-4-3-12(9-13(14)16)24(20,21)18-11-5-7-19(10-11)15-17-6-8-23-15/h3-4,6,8-9,11,18H,2,5,7,10H2,1H3/t11-/m0/s1. The van der Waals surface area contributed by atoms with Crippen LogP contribution in [0, 0.1) is 5.82 Å². The van der Waals surface area contributed by atoms with Gasteiger partial charge in [0.2, 0.25) is 10.0 Å². The van der Waals surface area contributed by atoms with Crippen molar-refractivity contribution in [2.24, 2.45) is 0 Å². The molecule has 0 amide bonds. The predicted octanol–water partition coefficient (Wildman–Crippen LogP) is 2.24. The number of nitrogens with one attached hydrogen (secondary N) is 1. The highest BCUT2D eigenvalue weighted by Crippen LogP contribution is 2.24. The molecule has 0 spiro atoms. The minimum Gasteiger partial charge on any atom is -0.491 e. The van der Waals surface area contributed by atoms with Crippen LogP contribution in [-0.4, -0.2) is 39.1 Å². The van der Waals surface area contributed by atoms with Gasteiger partial charge in [-0.25, -0.2) is 22.5 Å². The fourth-order valence-electron chi connectivity index (χ4n) is 2.61. The third-order valence-corrected chi connectivity index (χ3v) is 6.06. The van der Waals surface area contributed by atoms with E-state index >= 15 is 0 Å². The molecule has 1 saturated heterocycles. The molecule has 1 fully saturated rings. The van der Waals surface area contributed by atoms with Gasteiger partial charge in [-0.2, -0.15) is 0 Å². The van der Waals surface area contributed by atoms with E-state index in [1.807, 2.05) is 10.3 Å². The van der Waals surface area contributed by atoms with Crippen molar-refractivity contribution in [3.63, 3.8) is 0 Å². The fraction of sp³-hybridized carbons (Fsp3) is 0.400. The normalized spacial score (nSPS) is 18.1. The van der Waals surface area contributed by atoms with E-state index in [0.717, 1.165) is 17.7 Å². The number of halogens is 1. The van der Waals surface area contributed by atoms with Gasteiger partial charge in [-0.15, -0.1) is 11.3 Å². The molecule has 6 nitrogen and oxygen atoms in total. The Morgan fingerprint density at radius 3 is 3.00 bits per heavy atom. The number of aromatic nitrogens is 1. The molecule has 0 bridgehead atoms. The number of nitrogens with zero attached hydrogens (tertiary/aromatic N) is 2. The number of hydrogen-bond donors (Lipinski definition) is 1. The second kappa shape index (κ2) is 7.04. The molecule has 3 rings (SSSR count). The highest BCUT2D eigenvalue weighted by Gasteiger charge is 2.28. The summed E-state index contributed by atoms with van der Waals surface area (Å²) in [6.07, 6.45) is 2.40. The van der Waals surface area contributed by atoms with Crippen LogP contribution < -0.4 is 14.4 Å². The van der Waals surface area contributed by atoms with Crippen molar-refractivity contribution >= 4 is 26.5 Å². The number of rotatable bonds is 6. The molecule has 0 unspecified atom stereocenters. The topological polar surface area (TPSA) is 71.5 Å². The van der Waals surface area contributed by atoms with Crippen LogP contribution in [0.1, 0.15) is 13.3 Å². The van der Waals surface area contributed by atoms with Gasteiger partial charge in [0.05, 0.1) is 11.5 Å². The summed E-state index contributed by atoms with van der Waals surface area (Å²) < 4.78 is 46.5. The third-order valence-electron chi connectivity index (χ3n) is 3.71. The Balaban J connectivity index is 1.69. The molecule has 0 saturated carbocycles. The first-order chi connectivity index (χ1) is 11.5. The Kier molecular flexibility index (Phi) is 5.02.